The number of esters is 1. The molecule has 1 heterocycles. The topological polar surface area (TPSA) is 249 Å². The minimum absolute atomic E-state index is 0. The third-order valence-electron chi connectivity index (χ3n) is 9.77. The quantitative estimate of drug-likeness (QED) is 0.0186. The van der Waals surface area contributed by atoms with Crippen LogP contribution in [0.2, 0.25) is 0 Å². The van der Waals surface area contributed by atoms with Gasteiger partial charge in [-0.05, 0) is 35.6 Å². The number of nitrogens with zero attached hydrogens (tertiary/aromatic N) is 3. The average Bonchev–Trinajstić information content (AvgIpc) is 3.70. The maximum atomic E-state index is 12.4. The van der Waals surface area contributed by atoms with Crippen LogP contribution in [0.4, 0.5) is 11.4 Å². The van der Waals surface area contributed by atoms with E-state index >= 15 is 0 Å². The summed E-state index contributed by atoms with van der Waals surface area (Å²) in [6, 6.07) is 3.09. The van der Waals surface area contributed by atoms with Crippen LogP contribution in [0.15, 0.2) is 16.8 Å². The Hall–Kier alpha value is -2.05. The van der Waals surface area contributed by atoms with E-state index in [9.17, 15) is 34.6 Å². The molecule has 19 heteroatoms. The Morgan fingerprint density at radius 1 is 0.780 bits per heavy atom. The van der Waals surface area contributed by atoms with Crippen molar-refractivity contribution in [2.24, 2.45) is 0 Å². The fourth-order valence-electron chi connectivity index (χ4n) is 6.38. The molecule has 2 aromatic rings. The van der Waals surface area contributed by atoms with E-state index in [0.717, 1.165) is 70.6 Å². The second-order valence-corrected chi connectivity index (χ2v) is 16.8. The molecule has 0 radical (unpaired) electrons. The van der Waals surface area contributed by atoms with Gasteiger partial charge >= 0.3 is 47.2 Å². The molecule has 1 aromatic heterocycles. The van der Waals surface area contributed by atoms with Gasteiger partial charge in [0.2, 0.25) is 5.52 Å². The summed E-state index contributed by atoms with van der Waals surface area (Å²) in [4.78, 5) is 70.2. The molecular formula is C40H69N4NaO13P+. The third-order valence-corrected chi connectivity index (χ3v) is 11.2. The fraction of sp³-hybridized carbons (Fsp3) is 0.800. The minimum Gasteiger partial charge on any atom is -0.659 e. The number of ether oxygens (including phenoxy) is 1. The summed E-state index contributed by atoms with van der Waals surface area (Å²) < 4.78 is 14.9. The van der Waals surface area contributed by atoms with Gasteiger partial charge in [-0.2, -0.15) is 4.89 Å². The predicted octanol–water partition coefficient (Wildman–Crippen LogP) is 4.06. The largest absolute Gasteiger partial charge is 1.00 e. The Bertz CT molecular complexity index is 1410. The summed E-state index contributed by atoms with van der Waals surface area (Å²) in [5.74, 6) is -1.12. The van der Waals surface area contributed by atoms with E-state index in [1.54, 1.807) is 6.07 Å². The standard InChI is InChI=1S/C40H69N4O13P.Na/c1-2-3-4-5-6-7-8-9-10-12-15-18-21-24-37(47)53-30-34(31-54-58(51,52)32-33(46)29-45)55-56-38(48)25-22-19-16-13-11-14-17-20-23-28-41-35-26-27-36(44(49)50)40-39(35)42-57-43-40;/h26-27,33-34,45-46H,2-25,28-32H2,1H3,(H2-,41,43,49,50,51,52);/q;+1/t33-,34-;/m1./s1. The number of aliphatic hydroxyl groups is 2. The van der Waals surface area contributed by atoms with Crippen LogP contribution in [-0.4, -0.2) is 87.3 Å². The third kappa shape index (κ3) is 26.8. The molecule has 1 aromatic carbocycles. The number of anilines is 1. The Kier molecular flexibility index (Phi) is 32.2. The molecular weight excluding hydrogens is 798 g/mol. The SMILES string of the molecule is CCCCCCCCCCCCCCCC(=O)OC[C@H](CO[P+]([O-])([O-])C[C@H](O)CO)OOC(=O)CCCCCCCCCCCNc1ccc([N+](=O)O)c2nonc12.[Na+]. The van der Waals surface area contributed by atoms with Crippen LogP contribution < -0.4 is 44.7 Å². The number of rotatable bonds is 38. The van der Waals surface area contributed by atoms with E-state index in [1.807, 2.05) is 0 Å². The molecule has 0 amide bonds. The summed E-state index contributed by atoms with van der Waals surface area (Å²) in [6.07, 6.45) is 20.7. The van der Waals surface area contributed by atoms with Gasteiger partial charge in [0.15, 0.2) is 11.6 Å². The first-order valence-electron chi connectivity index (χ1n) is 21.5. The smallest absolute Gasteiger partial charge is 0.659 e. The van der Waals surface area contributed by atoms with Gasteiger partial charge in [-0.3, -0.25) is 9.68 Å². The van der Waals surface area contributed by atoms with E-state index in [1.165, 1.54) is 63.9 Å². The number of nitrogens with one attached hydrogen (secondary N) is 1. The molecule has 4 N–H and O–H groups in total. The van der Waals surface area contributed by atoms with Crippen LogP contribution in [0.5, 0.6) is 0 Å². The first-order chi connectivity index (χ1) is 28.1. The first kappa shape index (κ1) is 55.0. The number of carbonyl (C=O) groups excluding carboxylic acids is 2. The zero-order chi connectivity index (χ0) is 42.3. The van der Waals surface area contributed by atoms with Crippen molar-refractivity contribution in [1.82, 2.24) is 10.3 Å². The molecule has 332 valence electrons. The van der Waals surface area contributed by atoms with Crippen LogP contribution in [-0.2, 0) is 28.6 Å². The van der Waals surface area contributed by atoms with Gasteiger partial charge in [-0.25, -0.2) is 19.2 Å². The molecule has 2 rings (SSSR count). The minimum atomic E-state index is -4.57. The molecule has 0 saturated heterocycles. The number of benzene rings is 1. The molecule has 0 aliphatic carbocycles. The van der Waals surface area contributed by atoms with Gasteiger partial charge in [-0.1, -0.05) is 129 Å². The summed E-state index contributed by atoms with van der Waals surface area (Å²) in [5.41, 5.74) is 1.19. The molecule has 0 unspecified atom stereocenters. The van der Waals surface area contributed by atoms with Crippen molar-refractivity contribution < 1.29 is 92.9 Å². The monoisotopic (exact) mass is 867 g/mol. The van der Waals surface area contributed by atoms with Gasteiger partial charge < -0.3 is 30.1 Å². The van der Waals surface area contributed by atoms with Crippen LogP contribution >= 0.6 is 7.94 Å². The van der Waals surface area contributed by atoms with Crippen molar-refractivity contribution >= 4 is 42.3 Å². The normalized spacial score (nSPS) is 12.6. The van der Waals surface area contributed by atoms with Crippen LogP contribution in [0.3, 0.4) is 0 Å². The average molecular weight is 868 g/mol. The van der Waals surface area contributed by atoms with Crippen molar-refractivity contribution in [3.05, 3.63) is 17.0 Å². The number of hydrogen-bond donors (Lipinski definition) is 4. The summed E-state index contributed by atoms with van der Waals surface area (Å²) in [7, 11) is -4.57. The molecule has 2 atom stereocenters. The number of unbranched alkanes of at least 4 members (excludes halogenated alkanes) is 20. The van der Waals surface area contributed by atoms with E-state index in [4.69, 9.17) is 28.8 Å². The van der Waals surface area contributed by atoms with Crippen molar-refractivity contribution in [1.29, 1.82) is 0 Å². The summed E-state index contributed by atoms with van der Waals surface area (Å²) in [6.45, 7) is 1.17. The van der Waals surface area contributed by atoms with E-state index in [2.05, 4.69) is 22.6 Å². The number of aliphatic hydroxyl groups excluding tert-OH is 2. The molecule has 0 saturated carbocycles. The first-order valence-corrected chi connectivity index (χ1v) is 23.2. The molecule has 0 fully saturated rings. The number of aromatic nitrogens is 2. The van der Waals surface area contributed by atoms with Gasteiger partial charge in [0.25, 0.3) is 4.92 Å². The summed E-state index contributed by atoms with van der Waals surface area (Å²) >= 11 is 0. The van der Waals surface area contributed by atoms with Crippen molar-refractivity contribution in [3.63, 3.8) is 0 Å². The Morgan fingerprint density at radius 2 is 1.29 bits per heavy atom. The maximum absolute atomic E-state index is 12.4. The van der Waals surface area contributed by atoms with Gasteiger partial charge in [0.05, 0.1) is 25.1 Å². The number of carbonyl (C=O) groups is 2. The van der Waals surface area contributed by atoms with Crippen LogP contribution in [0.1, 0.15) is 161 Å². The molecule has 0 aliphatic rings. The van der Waals surface area contributed by atoms with Crippen molar-refractivity contribution in [3.8, 4) is 0 Å². The Labute approximate surface area is 372 Å². The van der Waals surface area contributed by atoms with E-state index in [0.29, 0.717) is 30.6 Å². The second kappa shape index (κ2) is 34.5. The Morgan fingerprint density at radius 3 is 1.83 bits per heavy atom. The van der Waals surface area contributed by atoms with Crippen molar-refractivity contribution in [2.45, 2.75) is 173 Å². The second-order valence-electron chi connectivity index (χ2n) is 15.0. The zero-order valence-electron chi connectivity index (χ0n) is 35.5. The summed E-state index contributed by atoms with van der Waals surface area (Å²) in [5, 5.41) is 38.4. The number of fused-ring (bicyclic) bond motifs is 1. The Balaban J connectivity index is 0.0000174. The van der Waals surface area contributed by atoms with Crippen molar-refractivity contribution in [2.75, 3.05) is 37.8 Å². The predicted molar refractivity (Wildman–Crippen MR) is 215 cm³/mol. The van der Waals surface area contributed by atoms with E-state index in [-0.39, 0.29) is 58.5 Å². The van der Waals surface area contributed by atoms with Crippen LogP contribution in [0, 0.1) is 4.91 Å². The molecule has 0 bridgehead atoms. The van der Waals surface area contributed by atoms with Gasteiger partial charge in [0.1, 0.15) is 25.5 Å². The molecule has 17 nitrogen and oxygen atoms in total. The maximum Gasteiger partial charge on any atom is 1.00 e. The zero-order valence-corrected chi connectivity index (χ0v) is 38.4. The molecule has 59 heavy (non-hydrogen) atoms. The van der Waals surface area contributed by atoms with Gasteiger partial charge in [-0.15, -0.1) is 0 Å². The number of hydrogen-bond acceptors (Lipinski definition) is 15. The van der Waals surface area contributed by atoms with Gasteiger partial charge in [0, 0.05) is 25.5 Å². The van der Waals surface area contributed by atoms with E-state index < -0.39 is 58.1 Å². The fourth-order valence-corrected chi connectivity index (χ4v) is 7.51. The van der Waals surface area contributed by atoms with Crippen LogP contribution in [0.25, 0.3) is 11.0 Å². The molecule has 0 spiro atoms. The molecule has 0 aliphatic heterocycles.